The van der Waals surface area contributed by atoms with E-state index in [4.69, 9.17) is 0 Å². The molecule has 1 saturated heterocycles. The fourth-order valence-corrected chi connectivity index (χ4v) is 5.28. The molecule has 0 bridgehead atoms. The van der Waals surface area contributed by atoms with Crippen LogP contribution in [0.5, 0.6) is 0 Å². The van der Waals surface area contributed by atoms with Crippen LogP contribution < -0.4 is 10.0 Å². The average molecular weight is 332 g/mol. The number of anilines is 1. The molecule has 1 unspecified atom stereocenters. The molecular formula is C13H20N2O4S2. The molecule has 0 radical (unpaired) electrons. The Kier molecular flexibility index (Phi) is 4.90. The number of benzene rings is 1. The molecule has 6 nitrogen and oxygen atoms in total. The SMILES string of the molecule is CCNc1ccc(S(=O)(=O)NCC2CCCS2(=O)=O)cc1. The Morgan fingerprint density at radius 1 is 1.24 bits per heavy atom. The Bertz CT molecular complexity index is 681. The monoisotopic (exact) mass is 332 g/mol. The molecule has 0 saturated carbocycles. The highest BCUT2D eigenvalue weighted by atomic mass is 32.2. The molecule has 1 aromatic carbocycles. The van der Waals surface area contributed by atoms with E-state index in [0.717, 1.165) is 12.2 Å². The Labute approximate surface area is 125 Å². The van der Waals surface area contributed by atoms with Crippen LogP contribution in [-0.4, -0.2) is 40.9 Å². The van der Waals surface area contributed by atoms with Crippen LogP contribution in [0, 0.1) is 0 Å². The van der Waals surface area contributed by atoms with E-state index in [1.165, 1.54) is 12.1 Å². The highest BCUT2D eigenvalue weighted by Crippen LogP contribution is 2.20. The van der Waals surface area contributed by atoms with Gasteiger partial charge in [-0.2, -0.15) is 0 Å². The predicted octanol–water partition coefficient (Wildman–Crippen LogP) is 0.974. The first-order valence-electron chi connectivity index (χ1n) is 6.90. The van der Waals surface area contributed by atoms with Crippen molar-refractivity contribution in [1.29, 1.82) is 0 Å². The van der Waals surface area contributed by atoms with Crippen molar-refractivity contribution in [2.45, 2.75) is 29.9 Å². The van der Waals surface area contributed by atoms with Crippen LogP contribution in [0.4, 0.5) is 5.69 Å². The van der Waals surface area contributed by atoms with E-state index in [2.05, 4.69) is 10.0 Å². The van der Waals surface area contributed by atoms with Crippen LogP contribution in [0.15, 0.2) is 29.2 Å². The normalized spacial score (nSPS) is 21.3. The Balaban J connectivity index is 2.04. The lowest BCUT2D eigenvalue weighted by atomic mass is 10.2. The second-order valence-electron chi connectivity index (χ2n) is 5.04. The maximum absolute atomic E-state index is 12.1. The Morgan fingerprint density at radius 3 is 2.43 bits per heavy atom. The van der Waals surface area contributed by atoms with Crippen LogP contribution in [0.25, 0.3) is 0 Å². The fraction of sp³-hybridized carbons (Fsp3) is 0.538. The first kappa shape index (κ1) is 16.3. The predicted molar refractivity (Wildman–Crippen MR) is 82.6 cm³/mol. The van der Waals surface area contributed by atoms with E-state index in [0.29, 0.717) is 12.8 Å². The molecule has 21 heavy (non-hydrogen) atoms. The summed E-state index contributed by atoms with van der Waals surface area (Å²) in [6, 6.07) is 6.38. The standard InChI is InChI=1S/C13H20N2O4S2/c1-2-14-11-5-7-12(8-6-11)21(18,19)15-10-13-4-3-9-20(13,16)17/h5-8,13-15H,2-4,9-10H2,1H3. The summed E-state index contributed by atoms with van der Waals surface area (Å²) in [6.45, 7) is 2.65. The minimum absolute atomic E-state index is 0.0559. The van der Waals surface area contributed by atoms with Crippen LogP contribution in [0.2, 0.25) is 0 Å². The molecule has 0 aliphatic carbocycles. The van der Waals surface area contributed by atoms with Gasteiger partial charge in [-0.25, -0.2) is 21.6 Å². The second-order valence-corrected chi connectivity index (χ2v) is 9.21. The molecule has 0 spiro atoms. The quantitative estimate of drug-likeness (QED) is 0.810. The highest BCUT2D eigenvalue weighted by Gasteiger charge is 2.32. The van der Waals surface area contributed by atoms with E-state index >= 15 is 0 Å². The molecule has 1 aliphatic heterocycles. The number of hydrogen-bond acceptors (Lipinski definition) is 5. The molecule has 0 aromatic heterocycles. The lowest BCUT2D eigenvalue weighted by molar-refractivity contribution is 0.571. The number of rotatable bonds is 6. The van der Waals surface area contributed by atoms with Crippen molar-refractivity contribution in [3.63, 3.8) is 0 Å². The van der Waals surface area contributed by atoms with Gasteiger partial charge in [0, 0.05) is 18.8 Å². The van der Waals surface area contributed by atoms with E-state index in [1.807, 2.05) is 6.92 Å². The number of sulfone groups is 1. The van der Waals surface area contributed by atoms with Gasteiger partial charge in [-0.05, 0) is 44.0 Å². The van der Waals surface area contributed by atoms with Gasteiger partial charge < -0.3 is 5.32 Å². The number of nitrogens with one attached hydrogen (secondary N) is 2. The van der Waals surface area contributed by atoms with Gasteiger partial charge in [0.15, 0.2) is 9.84 Å². The van der Waals surface area contributed by atoms with Crippen LogP contribution in [-0.2, 0) is 19.9 Å². The van der Waals surface area contributed by atoms with Gasteiger partial charge in [0.05, 0.1) is 15.9 Å². The summed E-state index contributed by atoms with van der Waals surface area (Å²) in [7, 11) is -6.81. The van der Waals surface area contributed by atoms with Crippen molar-refractivity contribution in [1.82, 2.24) is 4.72 Å². The summed E-state index contributed by atoms with van der Waals surface area (Å²) < 4.78 is 50.1. The van der Waals surface area contributed by atoms with Gasteiger partial charge in [0.2, 0.25) is 10.0 Å². The molecule has 0 amide bonds. The number of hydrogen-bond donors (Lipinski definition) is 2. The molecule has 118 valence electrons. The summed E-state index contributed by atoms with van der Waals surface area (Å²) in [5.74, 6) is 0.150. The highest BCUT2D eigenvalue weighted by molar-refractivity contribution is 7.92. The average Bonchev–Trinajstić information content (AvgIpc) is 2.76. The van der Waals surface area contributed by atoms with E-state index < -0.39 is 25.1 Å². The van der Waals surface area contributed by atoms with E-state index in [-0.39, 0.29) is 17.2 Å². The first-order valence-corrected chi connectivity index (χ1v) is 10.1. The van der Waals surface area contributed by atoms with Gasteiger partial charge in [0.1, 0.15) is 0 Å². The van der Waals surface area contributed by atoms with Gasteiger partial charge in [0.25, 0.3) is 0 Å². The first-order chi connectivity index (χ1) is 9.85. The van der Waals surface area contributed by atoms with Gasteiger partial charge >= 0.3 is 0 Å². The zero-order valence-corrected chi connectivity index (χ0v) is 13.5. The summed E-state index contributed by atoms with van der Waals surface area (Å²) in [5, 5.41) is 2.48. The summed E-state index contributed by atoms with van der Waals surface area (Å²) in [6.07, 6.45) is 1.12. The van der Waals surface area contributed by atoms with Gasteiger partial charge in [-0.1, -0.05) is 0 Å². The zero-order chi connectivity index (χ0) is 15.5. The molecule has 1 aliphatic rings. The molecule has 2 rings (SSSR count). The number of sulfonamides is 1. The van der Waals surface area contributed by atoms with Crippen LogP contribution in [0.1, 0.15) is 19.8 Å². The second kappa shape index (κ2) is 6.33. The summed E-state index contributed by atoms with van der Waals surface area (Å²) in [5.41, 5.74) is 0.842. The maximum Gasteiger partial charge on any atom is 0.240 e. The van der Waals surface area contributed by atoms with Crippen molar-refractivity contribution in [3.05, 3.63) is 24.3 Å². The van der Waals surface area contributed by atoms with Crippen molar-refractivity contribution in [3.8, 4) is 0 Å². The lowest BCUT2D eigenvalue weighted by Gasteiger charge is -2.12. The lowest BCUT2D eigenvalue weighted by Crippen LogP contribution is -2.34. The van der Waals surface area contributed by atoms with Crippen molar-refractivity contribution < 1.29 is 16.8 Å². The Hall–Kier alpha value is -1.12. The smallest absolute Gasteiger partial charge is 0.240 e. The van der Waals surface area contributed by atoms with Gasteiger partial charge in [-0.15, -0.1) is 0 Å². The summed E-state index contributed by atoms with van der Waals surface area (Å²) >= 11 is 0. The molecule has 8 heteroatoms. The minimum atomic E-state index is -3.67. The molecule has 1 aromatic rings. The van der Waals surface area contributed by atoms with Crippen molar-refractivity contribution >= 4 is 25.5 Å². The van der Waals surface area contributed by atoms with E-state index in [9.17, 15) is 16.8 Å². The van der Waals surface area contributed by atoms with Crippen molar-refractivity contribution in [2.75, 3.05) is 24.2 Å². The molecule has 1 fully saturated rings. The molecule has 1 heterocycles. The maximum atomic E-state index is 12.1. The van der Waals surface area contributed by atoms with Crippen molar-refractivity contribution in [2.24, 2.45) is 0 Å². The van der Waals surface area contributed by atoms with Crippen LogP contribution in [0.3, 0.4) is 0 Å². The fourth-order valence-electron chi connectivity index (χ4n) is 2.33. The van der Waals surface area contributed by atoms with Gasteiger partial charge in [-0.3, -0.25) is 0 Å². The third-order valence-corrected chi connectivity index (χ3v) is 7.22. The third-order valence-electron chi connectivity index (χ3n) is 3.51. The summed E-state index contributed by atoms with van der Waals surface area (Å²) in [4.78, 5) is 0.138. The minimum Gasteiger partial charge on any atom is -0.385 e. The Morgan fingerprint density at radius 2 is 1.90 bits per heavy atom. The third kappa shape index (κ3) is 3.96. The molecular weight excluding hydrogens is 312 g/mol. The topological polar surface area (TPSA) is 92.3 Å². The molecule has 2 N–H and O–H groups in total. The molecule has 1 atom stereocenters. The van der Waals surface area contributed by atoms with E-state index in [1.54, 1.807) is 12.1 Å². The van der Waals surface area contributed by atoms with Crippen LogP contribution >= 0.6 is 0 Å². The zero-order valence-electron chi connectivity index (χ0n) is 11.9. The largest absolute Gasteiger partial charge is 0.385 e.